The van der Waals surface area contributed by atoms with E-state index in [1.165, 1.54) is 5.56 Å². The lowest BCUT2D eigenvalue weighted by molar-refractivity contribution is 0.497. The molecule has 0 aromatic carbocycles. The molecule has 0 aliphatic carbocycles. The summed E-state index contributed by atoms with van der Waals surface area (Å²) in [6, 6.07) is 0. The maximum atomic E-state index is 5.71. The Hall–Kier alpha value is -1.13. The van der Waals surface area contributed by atoms with Gasteiger partial charge in [0.2, 0.25) is 0 Å². The molecular weight excluding hydrogens is 220 g/mol. The van der Waals surface area contributed by atoms with Crippen LogP contribution in [-0.2, 0) is 6.42 Å². The van der Waals surface area contributed by atoms with Gasteiger partial charge in [0.25, 0.3) is 0 Å². The second kappa shape index (κ2) is 5.27. The van der Waals surface area contributed by atoms with Crippen molar-refractivity contribution in [1.29, 1.82) is 0 Å². The fraction of sp³-hybridized carbons (Fsp3) is 0.417. The Morgan fingerprint density at radius 2 is 2.31 bits per heavy atom. The molecule has 2 aromatic rings. The van der Waals surface area contributed by atoms with E-state index in [-0.39, 0.29) is 0 Å². The Morgan fingerprint density at radius 3 is 3.00 bits per heavy atom. The van der Waals surface area contributed by atoms with Crippen LogP contribution in [0, 0.1) is 6.92 Å². The Morgan fingerprint density at radius 1 is 1.44 bits per heavy atom. The van der Waals surface area contributed by atoms with E-state index >= 15 is 0 Å². The molecule has 0 aliphatic heterocycles. The largest absolute Gasteiger partial charge is 0.441 e. The summed E-state index contributed by atoms with van der Waals surface area (Å²) in [4.78, 5) is 4.28. The summed E-state index contributed by atoms with van der Waals surface area (Å²) in [5.41, 5.74) is 2.41. The smallest absolute Gasteiger partial charge is 0.196 e. The first-order chi connectivity index (χ1) is 7.81. The van der Waals surface area contributed by atoms with Gasteiger partial charge < -0.3 is 9.73 Å². The number of nitrogens with one attached hydrogen (secondary N) is 1. The fourth-order valence-electron chi connectivity index (χ4n) is 1.54. The third-order valence-electron chi connectivity index (χ3n) is 2.44. The van der Waals surface area contributed by atoms with Crippen LogP contribution in [0.4, 0.5) is 0 Å². The lowest BCUT2D eigenvalue weighted by atomic mass is 10.2. The monoisotopic (exact) mass is 236 g/mol. The van der Waals surface area contributed by atoms with Crippen LogP contribution >= 0.6 is 11.3 Å². The van der Waals surface area contributed by atoms with E-state index < -0.39 is 0 Å². The fourth-order valence-corrected chi connectivity index (χ4v) is 2.37. The molecule has 0 saturated heterocycles. The van der Waals surface area contributed by atoms with Crippen LogP contribution in [-0.4, -0.2) is 18.1 Å². The third-order valence-corrected chi connectivity index (χ3v) is 3.30. The number of hydrogen-bond acceptors (Lipinski definition) is 4. The predicted molar refractivity (Wildman–Crippen MR) is 66.8 cm³/mol. The van der Waals surface area contributed by atoms with E-state index in [2.05, 4.69) is 34.9 Å². The van der Waals surface area contributed by atoms with Crippen molar-refractivity contribution in [2.75, 3.05) is 13.1 Å². The molecule has 0 aliphatic rings. The van der Waals surface area contributed by atoms with E-state index in [0.717, 1.165) is 36.7 Å². The summed E-state index contributed by atoms with van der Waals surface area (Å²) in [5.74, 6) is 1.69. The van der Waals surface area contributed by atoms with E-state index in [4.69, 9.17) is 4.42 Å². The van der Waals surface area contributed by atoms with Crippen molar-refractivity contribution in [3.05, 3.63) is 28.4 Å². The highest BCUT2D eigenvalue weighted by atomic mass is 32.1. The molecule has 0 saturated carbocycles. The second-order valence-corrected chi connectivity index (χ2v) is 4.43. The van der Waals surface area contributed by atoms with E-state index in [1.807, 2.05) is 6.20 Å². The van der Waals surface area contributed by atoms with Gasteiger partial charge in [-0.05, 0) is 24.4 Å². The summed E-state index contributed by atoms with van der Waals surface area (Å²) < 4.78 is 5.71. The Kier molecular flexibility index (Phi) is 3.74. The van der Waals surface area contributed by atoms with Crippen molar-refractivity contribution in [3.8, 4) is 11.3 Å². The van der Waals surface area contributed by atoms with Gasteiger partial charge in [0.05, 0.1) is 6.20 Å². The quantitative estimate of drug-likeness (QED) is 0.811. The average Bonchev–Trinajstić information content (AvgIpc) is 2.87. The van der Waals surface area contributed by atoms with Crippen LogP contribution in [0.25, 0.3) is 11.3 Å². The van der Waals surface area contributed by atoms with Gasteiger partial charge in [-0.2, -0.15) is 11.3 Å². The van der Waals surface area contributed by atoms with Gasteiger partial charge in [-0.25, -0.2) is 4.98 Å². The minimum Gasteiger partial charge on any atom is -0.441 e. The van der Waals surface area contributed by atoms with Crippen molar-refractivity contribution < 1.29 is 4.42 Å². The van der Waals surface area contributed by atoms with Gasteiger partial charge in [0.15, 0.2) is 11.7 Å². The Labute approximate surface area is 99.5 Å². The van der Waals surface area contributed by atoms with E-state index in [0.29, 0.717) is 0 Å². The van der Waals surface area contributed by atoms with Crippen LogP contribution in [0.1, 0.15) is 18.4 Å². The summed E-state index contributed by atoms with van der Waals surface area (Å²) in [6.45, 7) is 6.08. The minimum atomic E-state index is 0.807. The van der Waals surface area contributed by atoms with E-state index in [9.17, 15) is 0 Å². The molecule has 2 aromatic heterocycles. The molecule has 2 rings (SSSR count). The van der Waals surface area contributed by atoms with Crippen molar-refractivity contribution in [3.63, 3.8) is 0 Å². The number of aromatic nitrogens is 1. The summed E-state index contributed by atoms with van der Waals surface area (Å²) in [7, 11) is 0. The van der Waals surface area contributed by atoms with Crippen molar-refractivity contribution in [1.82, 2.24) is 10.3 Å². The topological polar surface area (TPSA) is 38.1 Å². The van der Waals surface area contributed by atoms with Crippen LogP contribution in [0.15, 0.2) is 21.4 Å². The van der Waals surface area contributed by atoms with Crippen LogP contribution in [0.3, 0.4) is 0 Å². The zero-order chi connectivity index (χ0) is 11.4. The molecule has 1 N–H and O–H groups in total. The lowest BCUT2D eigenvalue weighted by Crippen LogP contribution is -2.16. The van der Waals surface area contributed by atoms with Crippen molar-refractivity contribution in [2.45, 2.75) is 20.3 Å². The SMILES string of the molecule is CCNCCc1ncc(-c2cscc2C)o1. The molecule has 0 bridgehead atoms. The first-order valence-electron chi connectivity index (χ1n) is 5.50. The maximum absolute atomic E-state index is 5.71. The summed E-state index contributed by atoms with van der Waals surface area (Å²) in [5, 5.41) is 7.48. The van der Waals surface area contributed by atoms with Gasteiger partial charge in [0.1, 0.15) is 0 Å². The van der Waals surface area contributed by atoms with Crippen LogP contribution in [0.2, 0.25) is 0 Å². The highest BCUT2D eigenvalue weighted by Crippen LogP contribution is 2.27. The molecule has 86 valence electrons. The summed E-state index contributed by atoms with van der Waals surface area (Å²) >= 11 is 1.69. The first-order valence-corrected chi connectivity index (χ1v) is 6.44. The molecule has 0 spiro atoms. The molecule has 2 heterocycles. The van der Waals surface area contributed by atoms with Crippen molar-refractivity contribution >= 4 is 11.3 Å². The normalized spacial score (nSPS) is 10.9. The van der Waals surface area contributed by atoms with E-state index in [1.54, 1.807) is 11.3 Å². The Balaban J connectivity index is 2.05. The van der Waals surface area contributed by atoms with Gasteiger partial charge >= 0.3 is 0 Å². The zero-order valence-corrected chi connectivity index (χ0v) is 10.4. The second-order valence-electron chi connectivity index (χ2n) is 3.69. The molecule has 16 heavy (non-hydrogen) atoms. The number of thiophene rings is 1. The van der Waals surface area contributed by atoms with Gasteiger partial charge in [-0.1, -0.05) is 6.92 Å². The summed E-state index contributed by atoms with van der Waals surface area (Å²) in [6.07, 6.45) is 2.66. The molecule has 0 unspecified atom stereocenters. The van der Waals surface area contributed by atoms with Crippen molar-refractivity contribution in [2.24, 2.45) is 0 Å². The predicted octanol–water partition coefficient (Wildman–Crippen LogP) is 2.86. The number of rotatable bonds is 5. The molecule has 0 radical (unpaired) electrons. The number of hydrogen-bond donors (Lipinski definition) is 1. The van der Waals surface area contributed by atoms with Gasteiger partial charge in [0, 0.05) is 23.9 Å². The molecule has 0 atom stereocenters. The van der Waals surface area contributed by atoms with Crippen LogP contribution in [0.5, 0.6) is 0 Å². The molecular formula is C12H16N2OS. The van der Waals surface area contributed by atoms with Crippen LogP contribution < -0.4 is 5.32 Å². The zero-order valence-electron chi connectivity index (χ0n) is 9.62. The maximum Gasteiger partial charge on any atom is 0.196 e. The van der Waals surface area contributed by atoms with Gasteiger partial charge in [-0.15, -0.1) is 0 Å². The standard InChI is InChI=1S/C12H16N2OS/c1-3-13-5-4-12-14-6-11(15-12)10-8-16-7-9(10)2/h6-8,13H,3-5H2,1-2H3. The van der Waals surface area contributed by atoms with Gasteiger partial charge in [-0.3, -0.25) is 0 Å². The minimum absolute atomic E-state index is 0.807. The first kappa shape index (κ1) is 11.4. The third kappa shape index (κ3) is 2.51. The number of nitrogens with zero attached hydrogens (tertiary/aromatic N) is 1. The highest BCUT2D eigenvalue weighted by molar-refractivity contribution is 7.08. The molecule has 4 heteroatoms. The number of oxazole rings is 1. The number of likely N-dealkylation sites (N-methyl/N-ethyl adjacent to an activating group) is 1. The number of aryl methyl sites for hydroxylation is 1. The highest BCUT2D eigenvalue weighted by Gasteiger charge is 2.08. The average molecular weight is 236 g/mol. The molecule has 3 nitrogen and oxygen atoms in total. The Bertz CT molecular complexity index is 447. The molecule has 0 fully saturated rings. The molecule has 0 amide bonds. The lowest BCUT2D eigenvalue weighted by Gasteiger charge is -1.97.